The lowest BCUT2D eigenvalue weighted by molar-refractivity contribution is 0.0700. The maximum atomic E-state index is 13.7. The van der Waals surface area contributed by atoms with Gasteiger partial charge in [0.1, 0.15) is 0 Å². The van der Waals surface area contributed by atoms with Crippen molar-refractivity contribution in [3.05, 3.63) is 83.6 Å². The zero-order valence-corrected chi connectivity index (χ0v) is 19.4. The van der Waals surface area contributed by atoms with Gasteiger partial charge in [0.15, 0.2) is 5.65 Å². The average Bonchev–Trinajstić information content (AvgIpc) is 3.17. The predicted octanol–water partition coefficient (Wildman–Crippen LogP) is 3.98. The molecule has 0 bridgehead atoms. The van der Waals surface area contributed by atoms with Gasteiger partial charge in [-0.2, -0.15) is 5.10 Å². The summed E-state index contributed by atoms with van der Waals surface area (Å²) in [5, 5.41) is 8.43. The number of aryl methyl sites for hydroxylation is 2. The number of carbonyl (C=O) groups is 2. The largest absolute Gasteiger partial charge is 0.349 e. The van der Waals surface area contributed by atoms with Crippen LogP contribution < -0.4 is 5.32 Å². The molecule has 3 heterocycles. The second-order valence-electron chi connectivity index (χ2n) is 8.73. The van der Waals surface area contributed by atoms with Gasteiger partial charge in [0, 0.05) is 37.3 Å². The van der Waals surface area contributed by atoms with E-state index in [-0.39, 0.29) is 17.9 Å². The zero-order valence-electron chi connectivity index (χ0n) is 19.4. The van der Waals surface area contributed by atoms with Crippen LogP contribution in [0.1, 0.15) is 39.3 Å². The van der Waals surface area contributed by atoms with Gasteiger partial charge in [0.2, 0.25) is 0 Å². The Bertz CT molecular complexity index is 1340. The fraction of sp³-hybridized carbons (Fsp3) is 0.259. The Hall–Kier alpha value is -4.00. The van der Waals surface area contributed by atoms with Crippen LogP contribution in [0.4, 0.5) is 0 Å². The highest BCUT2D eigenvalue weighted by atomic mass is 16.2. The molecule has 0 spiro atoms. The molecule has 0 aliphatic carbocycles. The van der Waals surface area contributed by atoms with Gasteiger partial charge >= 0.3 is 0 Å². The van der Waals surface area contributed by atoms with E-state index < -0.39 is 0 Å². The second-order valence-corrected chi connectivity index (χ2v) is 8.73. The first kappa shape index (κ1) is 21.8. The summed E-state index contributed by atoms with van der Waals surface area (Å²) in [5.74, 6) is -0.0896. The Labute approximate surface area is 198 Å². The zero-order chi connectivity index (χ0) is 23.7. The molecule has 2 amide bonds. The van der Waals surface area contributed by atoms with Crippen molar-refractivity contribution in [2.45, 2.75) is 25.8 Å². The highest BCUT2D eigenvalue weighted by molar-refractivity contribution is 6.07. The van der Waals surface area contributed by atoms with Crippen molar-refractivity contribution >= 4 is 22.8 Å². The summed E-state index contributed by atoms with van der Waals surface area (Å²) in [6.07, 6.45) is 1.44. The van der Waals surface area contributed by atoms with Gasteiger partial charge in [-0.25, -0.2) is 4.98 Å². The SMILES string of the molecule is Cc1nn(C)c2nc(-c3ccccc3)cc(C(=O)N3CCC(NC(=O)c4ccccc4)CC3)c12. The van der Waals surface area contributed by atoms with E-state index in [9.17, 15) is 9.59 Å². The number of piperidine rings is 1. The molecule has 2 aromatic carbocycles. The molecule has 1 aliphatic heterocycles. The number of hydrogen-bond donors (Lipinski definition) is 1. The molecule has 5 rings (SSSR count). The second kappa shape index (κ2) is 9.09. The maximum absolute atomic E-state index is 13.7. The van der Waals surface area contributed by atoms with E-state index in [0.717, 1.165) is 35.2 Å². The van der Waals surface area contributed by atoms with Crippen molar-refractivity contribution < 1.29 is 9.59 Å². The van der Waals surface area contributed by atoms with Gasteiger partial charge in [0.05, 0.1) is 22.3 Å². The van der Waals surface area contributed by atoms with Crippen LogP contribution in [0.3, 0.4) is 0 Å². The number of likely N-dealkylation sites (tertiary alicyclic amines) is 1. The molecule has 1 N–H and O–H groups in total. The Morgan fingerprint density at radius 1 is 0.971 bits per heavy atom. The summed E-state index contributed by atoms with van der Waals surface area (Å²) in [6.45, 7) is 3.08. The van der Waals surface area contributed by atoms with Gasteiger partial charge in [-0.05, 0) is 38.0 Å². The van der Waals surface area contributed by atoms with Crippen LogP contribution in [-0.2, 0) is 7.05 Å². The van der Waals surface area contributed by atoms with Crippen LogP contribution in [0.15, 0.2) is 66.7 Å². The summed E-state index contributed by atoms with van der Waals surface area (Å²) in [7, 11) is 1.85. The van der Waals surface area contributed by atoms with Gasteiger partial charge in [0.25, 0.3) is 11.8 Å². The molecule has 4 aromatic rings. The molecule has 0 radical (unpaired) electrons. The summed E-state index contributed by atoms with van der Waals surface area (Å²) in [4.78, 5) is 32.9. The quantitative estimate of drug-likeness (QED) is 0.507. The van der Waals surface area contributed by atoms with Gasteiger partial charge < -0.3 is 10.2 Å². The van der Waals surface area contributed by atoms with Gasteiger partial charge in [-0.15, -0.1) is 0 Å². The van der Waals surface area contributed by atoms with E-state index in [0.29, 0.717) is 29.9 Å². The van der Waals surface area contributed by atoms with Crippen LogP contribution >= 0.6 is 0 Å². The molecule has 0 saturated carbocycles. The number of benzene rings is 2. The van der Waals surface area contributed by atoms with E-state index in [1.807, 2.05) is 85.6 Å². The smallest absolute Gasteiger partial charge is 0.254 e. The molecular formula is C27H27N5O2. The van der Waals surface area contributed by atoms with Crippen LogP contribution in [0.25, 0.3) is 22.3 Å². The first-order valence-electron chi connectivity index (χ1n) is 11.6. The minimum Gasteiger partial charge on any atom is -0.349 e. The molecule has 1 saturated heterocycles. The van der Waals surface area contributed by atoms with Crippen molar-refractivity contribution in [3.8, 4) is 11.3 Å². The number of nitrogens with zero attached hydrogens (tertiary/aromatic N) is 4. The lowest BCUT2D eigenvalue weighted by Crippen LogP contribution is -2.46. The first-order valence-corrected chi connectivity index (χ1v) is 11.6. The number of rotatable bonds is 4. The molecule has 7 nitrogen and oxygen atoms in total. The number of aromatic nitrogens is 3. The van der Waals surface area contributed by atoms with Crippen molar-refractivity contribution in [3.63, 3.8) is 0 Å². The molecule has 34 heavy (non-hydrogen) atoms. The lowest BCUT2D eigenvalue weighted by Gasteiger charge is -2.32. The molecule has 0 atom stereocenters. The summed E-state index contributed by atoms with van der Waals surface area (Å²) in [5.41, 5.74) is 4.48. The van der Waals surface area contributed by atoms with Crippen molar-refractivity contribution in [1.29, 1.82) is 0 Å². The van der Waals surface area contributed by atoms with E-state index in [1.165, 1.54) is 0 Å². The molecule has 1 aliphatic rings. The fourth-order valence-electron chi connectivity index (χ4n) is 4.63. The van der Waals surface area contributed by atoms with Crippen LogP contribution in [0.2, 0.25) is 0 Å². The highest BCUT2D eigenvalue weighted by Crippen LogP contribution is 2.28. The average molecular weight is 454 g/mol. The molecule has 2 aromatic heterocycles. The third-order valence-electron chi connectivity index (χ3n) is 6.42. The molecule has 0 unspecified atom stereocenters. The summed E-state index contributed by atoms with van der Waals surface area (Å²) >= 11 is 0. The topological polar surface area (TPSA) is 80.1 Å². The predicted molar refractivity (Wildman–Crippen MR) is 132 cm³/mol. The Balaban J connectivity index is 1.37. The van der Waals surface area contributed by atoms with E-state index in [4.69, 9.17) is 4.98 Å². The highest BCUT2D eigenvalue weighted by Gasteiger charge is 2.28. The van der Waals surface area contributed by atoms with E-state index >= 15 is 0 Å². The normalized spacial score (nSPS) is 14.4. The molecule has 172 valence electrons. The number of carbonyl (C=O) groups excluding carboxylic acids is 2. The molecular weight excluding hydrogens is 426 g/mol. The lowest BCUT2D eigenvalue weighted by atomic mass is 10.0. The van der Waals surface area contributed by atoms with Crippen molar-refractivity contribution in [2.24, 2.45) is 7.05 Å². The Morgan fingerprint density at radius 2 is 1.62 bits per heavy atom. The molecule has 7 heteroatoms. The van der Waals surface area contributed by atoms with Gasteiger partial charge in [-0.3, -0.25) is 14.3 Å². The van der Waals surface area contributed by atoms with E-state index in [2.05, 4.69) is 10.4 Å². The molecule has 1 fully saturated rings. The standard InChI is InChI=1S/C27H27N5O2/c1-18-24-22(17-23(19-9-5-3-6-10-19)29-25(24)31(2)30-18)27(34)32-15-13-21(14-16-32)28-26(33)20-11-7-4-8-12-20/h3-12,17,21H,13-16H2,1-2H3,(H,28,33). The number of amides is 2. The van der Waals surface area contributed by atoms with E-state index in [1.54, 1.807) is 4.68 Å². The van der Waals surface area contributed by atoms with Crippen LogP contribution in [0.5, 0.6) is 0 Å². The number of hydrogen-bond acceptors (Lipinski definition) is 4. The fourth-order valence-corrected chi connectivity index (χ4v) is 4.63. The summed E-state index contributed by atoms with van der Waals surface area (Å²) in [6, 6.07) is 21.0. The minimum atomic E-state index is -0.0697. The maximum Gasteiger partial charge on any atom is 0.254 e. The monoisotopic (exact) mass is 453 g/mol. The Morgan fingerprint density at radius 3 is 2.29 bits per heavy atom. The number of nitrogens with one attached hydrogen (secondary N) is 1. The van der Waals surface area contributed by atoms with Crippen LogP contribution in [-0.4, -0.2) is 50.6 Å². The number of pyridine rings is 1. The van der Waals surface area contributed by atoms with Crippen molar-refractivity contribution in [2.75, 3.05) is 13.1 Å². The Kier molecular flexibility index (Phi) is 5.84. The third-order valence-corrected chi connectivity index (χ3v) is 6.42. The summed E-state index contributed by atoms with van der Waals surface area (Å²) < 4.78 is 1.74. The van der Waals surface area contributed by atoms with Crippen LogP contribution in [0, 0.1) is 6.92 Å². The number of fused-ring (bicyclic) bond motifs is 1. The van der Waals surface area contributed by atoms with Gasteiger partial charge in [-0.1, -0.05) is 48.5 Å². The van der Waals surface area contributed by atoms with Crippen molar-refractivity contribution in [1.82, 2.24) is 25.0 Å². The first-order chi connectivity index (χ1) is 16.5. The minimum absolute atomic E-state index is 0.0199. The third kappa shape index (κ3) is 4.17.